The van der Waals surface area contributed by atoms with Gasteiger partial charge in [-0.1, -0.05) is 150 Å². The molecule has 0 fully saturated rings. The molecule has 51 heavy (non-hydrogen) atoms. The summed E-state index contributed by atoms with van der Waals surface area (Å²) in [5.74, 6) is 0.131. The molecule has 0 aliphatic rings. The highest BCUT2D eigenvalue weighted by atomic mass is 31.2. The first-order valence-electron chi connectivity index (χ1n) is 17.5. The second kappa shape index (κ2) is 16.6. The average Bonchev–Trinajstić information content (AvgIpc) is 3.62. The number of benzene rings is 4. The molecular formula is C42H45N4O4P. The van der Waals surface area contributed by atoms with E-state index in [1.807, 2.05) is 149 Å². The number of hydrogen-bond acceptors (Lipinski definition) is 6. The van der Waals surface area contributed by atoms with E-state index in [1.54, 1.807) is 0 Å². The summed E-state index contributed by atoms with van der Waals surface area (Å²) in [5.41, 5.74) is -0.0888. The molecule has 0 unspecified atom stereocenters. The van der Waals surface area contributed by atoms with Crippen LogP contribution in [0.1, 0.15) is 59.3 Å². The van der Waals surface area contributed by atoms with Gasteiger partial charge in [0.2, 0.25) is 11.8 Å². The summed E-state index contributed by atoms with van der Waals surface area (Å²) in [6.07, 6.45) is 1.23. The Balaban J connectivity index is 1.77. The van der Waals surface area contributed by atoms with Crippen LogP contribution >= 0.6 is 6.89 Å². The van der Waals surface area contributed by atoms with Gasteiger partial charge >= 0.3 is 6.09 Å². The summed E-state index contributed by atoms with van der Waals surface area (Å²) in [4.78, 5) is 30.6. The SMILES string of the molecule is CCC[C@@H](Cc1nnc(-c2ccccc2)o1)N(C(=O)O)[C@H](C(=O)C(C#N)=P(c1ccccc1)(c1ccccc1)c1ccccc1)C(C)(C)CCC. The van der Waals surface area contributed by atoms with Crippen LogP contribution in [0, 0.1) is 16.7 Å². The molecule has 1 N–H and O–H groups in total. The number of carboxylic acid groups (broad SMARTS) is 1. The molecule has 1 heterocycles. The zero-order chi connectivity index (χ0) is 36.4. The van der Waals surface area contributed by atoms with Gasteiger partial charge in [-0.25, -0.2) is 4.79 Å². The molecule has 5 rings (SSSR count). The molecule has 8 nitrogen and oxygen atoms in total. The molecule has 5 aromatic rings. The fourth-order valence-electron chi connectivity index (χ4n) is 7.24. The van der Waals surface area contributed by atoms with Crippen LogP contribution in [0.15, 0.2) is 126 Å². The number of Topliss-reactive ketones (excluding diaryl/α,β-unsaturated/α-hetero) is 1. The van der Waals surface area contributed by atoms with Crippen molar-refractivity contribution in [3.05, 3.63) is 127 Å². The summed E-state index contributed by atoms with van der Waals surface area (Å²) >= 11 is 0. The lowest BCUT2D eigenvalue weighted by atomic mass is 9.76. The number of nitriles is 1. The molecule has 0 saturated carbocycles. The van der Waals surface area contributed by atoms with Crippen LogP contribution in [0.4, 0.5) is 4.79 Å². The van der Waals surface area contributed by atoms with E-state index in [2.05, 4.69) is 16.3 Å². The summed E-state index contributed by atoms with van der Waals surface area (Å²) < 4.78 is 6.07. The van der Waals surface area contributed by atoms with Crippen LogP contribution < -0.4 is 15.9 Å². The first kappa shape index (κ1) is 37.0. The summed E-state index contributed by atoms with van der Waals surface area (Å²) in [6, 6.07) is 39.0. The van der Waals surface area contributed by atoms with E-state index in [0.717, 1.165) is 21.5 Å². The Kier molecular flexibility index (Phi) is 12.1. The van der Waals surface area contributed by atoms with Crippen molar-refractivity contribution in [2.45, 2.75) is 71.9 Å². The highest BCUT2D eigenvalue weighted by molar-refractivity contribution is 7.97. The smallest absolute Gasteiger partial charge is 0.408 e. The third kappa shape index (κ3) is 7.75. The molecule has 0 spiro atoms. The molecule has 4 aromatic carbocycles. The molecule has 2 atom stereocenters. The molecule has 0 aliphatic carbocycles. The number of nitrogens with zero attached hydrogens (tertiary/aromatic N) is 4. The monoisotopic (exact) mass is 700 g/mol. The largest absolute Gasteiger partial charge is 0.465 e. The molecule has 0 bridgehead atoms. The van der Waals surface area contributed by atoms with Crippen LogP contribution in [-0.4, -0.2) is 49.5 Å². The Labute approximate surface area is 300 Å². The first-order valence-corrected chi connectivity index (χ1v) is 19.2. The quantitative estimate of drug-likeness (QED) is 0.110. The fraction of sp³-hybridized carbons (Fsp3) is 0.286. The van der Waals surface area contributed by atoms with E-state index < -0.39 is 36.3 Å². The third-order valence-electron chi connectivity index (χ3n) is 9.40. The number of amides is 1. The molecule has 9 heteroatoms. The van der Waals surface area contributed by atoms with Gasteiger partial charge in [0.15, 0.2) is 5.78 Å². The van der Waals surface area contributed by atoms with Gasteiger partial charge in [0.1, 0.15) is 17.4 Å². The fourth-order valence-corrected chi connectivity index (χ4v) is 11.4. The Morgan fingerprint density at radius 1 is 0.804 bits per heavy atom. The van der Waals surface area contributed by atoms with Crippen molar-refractivity contribution in [2.75, 3.05) is 0 Å². The van der Waals surface area contributed by atoms with E-state index in [9.17, 15) is 15.2 Å². The molecule has 1 aromatic heterocycles. The number of aromatic nitrogens is 2. The predicted octanol–water partition coefficient (Wildman–Crippen LogP) is 7.88. The summed E-state index contributed by atoms with van der Waals surface area (Å²) in [5, 5.41) is 33.5. The second-order valence-electron chi connectivity index (χ2n) is 13.3. The van der Waals surface area contributed by atoms with Crippen LogP contribution in [0.5, 0.6) is 0 Å². The highest BCUT2D eigenvalue weighted by Gasteiger charge is 2.48. The second-order valence-corrected chi connectivity index (χ2v) is 16.7. The minimum Gasteiger partial charge on any atom is -0.465 e. The van der Waals surface area contributed by atoms with Crippen LogP contribution in [-0.2, 0) is 11.2 Å². The first-order chi connectivity index (χ1) is 24.7. The summed E-state index contributed by atoms with van der Waals surface area (Å²) in [6.45, 7) is 4.73. The van der Waals surface area contributed by atoms with Crippen molar-refractivity contribution in [1.82, 2.24) is 15.1 Å². The zero-order valence-electron chi connectivity index (χ0n) is 29.6. The van der Waals surface area contributed by atoms with Crippen LogP contribution in [0.3, 0.4) is 0 Å². The molecule has 1 amide bonds. The van der Waals surface area contributed by atoms with Gasteiger partial charge in [-0.15, -0.1) is 10.2 Å². The van der Waals surface area contributed by atoms with Crippen molar-refractivity contribution in [3.63, 3.8) is 0 Å². The van der Waals surface area contributed by atoms with E-state index in [1.165, 1.54) is 4.90 Å². The Morgan fingerprint density at radius 3 is 1.73 bits per heavy atom. The minimum atomic E-state index is -3.13. The standard InChI is InChI=1S/C42H45N4O4P/c1-5-19-32(29-37-44-45-40(50-37)31-20-11-7-12-21-31)46(41(48)49)39(42(3,4)28-6-2)38(47)36(30-43)51(33-22-13-8-14-23-33,34-24-15-9-16-25-34)35-26-17-10-18-27-35/h7-18,20-27,32,39H,5-6,19,28-29H2,1-4H3,(H,48,49)/t32-,39+/m0/s1. The number of hydrogen-bond donors (Lipinski definition) is 1. The van der Waals surface area contributed by atoms with E-state index in [-0.39, 0.29) is 17.6 Å². The lowest BCUT2D eigenvalue weighted by Crippen LogP contribution is -2.59. The molecule has 0 saturated heterocycles. The van der Waals surface area contributed by atoms with Crippen molar-refractivity contribution in [3.8, 4) is 17.5 Å². The van der Waals surface area contributed by atoms with Crippen molar-refractivity contribution in [2.24, 2.45) is 5.41 Å². The maximum atomic E-state index is 15.7. The average molecular weight is 701 g/mol. The van der Waals surface area contributed by atoms with Gasteiger partial charge in [-0.3, -0.25) is 9.69 Å². The Hall–Kier alpha value is -5.25. The number of carbonyl (C=O) groups is 2. The Bertz CT molecular complexity index is 1900. The van der Waals surface area contributed by atoms with Crippen LogP contribution in [0.25, 0.3) is 11.5 Å². The maximum absolute atomic E-state index is 15.7. The zero-order valence-corrected chi connectivity index (χ0v) is 30.5. The van der Waals surface area contributed by atoms with Gasteiger partial charge in [0, 0.05) is 18.0 Å². The van der Waals surface area contributed by atoms with Crippen molar-refractivity contribution >= 4 is 40.0 Å². The number of ketones is 1. The topological polar surface area (TPSA) is 120 Å². The predicted molar refractivity (Wildman–Crippen MR) is 205 cm³/mol. The third-order valence-corrected chi connectivity index (χ3v) is 13.6. The van der Waals surface area contributed by atoms with Gasteiger partial charge in [0.05, 0.1) is 0 Å². The van der Waals surface area contributed by atoms with Crippen molar-refractivity contribution in [1.29, 1.82) is 5.26 Å². The number of rotatable bonds is 15. The van der Waals surface area contributed by atoms with Gasteiger partial charge in [0.25, 0.3) is 0 Å². The summed E-state index contributed by atoms with van der Waals surface area (Å²) in [7, 11) is 0. The molecule has 262 valence electrons. The van der Waals surface area contributed by atoms with Crippen LogP contribution in [0.2, 0.25) is 0 Å². The lowest BCUT2D eigenvalue weighted by molar-refractivity contribution is -0.122. The van der Waals surface area contributed by atoms with E-state index in [4.69, 9.17) is 4.42 Å². The highest BCUT2D eigenvalue weighted by Crippen LogP contribution is 2.47. The van der Waals surface area contributed by atoms with E-state index >= 15 is 4.79 Å². The molecule has 0 radical (unpaired) electrons. The number of carbonyl (C=O) groups excluding carboxylic acids is 1. The Morgan fingerprint density at radius 2 is 1.29 bits per heavy atom. The molecule has 0 aliphatic heterocycles. The van der Waals surface area contributed by atoms with Crippen molar-refractivity contribution < 1.29 is 19.1 Å². The lowest BCUT2D eigenvalue weighted by Gasteiger charge is -2.44. The van der Waals surface area contributed by atoms with Gasteiger partial charge in [-0.2, -0.15) is 5.26 Å². The van der Waals surface area contributed by atoms with Gasteiger partial charge in [-0.05, 0) is 53.2 Å². The maximum Gasteiger partial charge on any atom is 0.408 e. The normalized spacial score (nSPS) is 12.8. The minimum absolute atomic E-state index is 0.0610. The van der Waals surface area contributed by atoms with Gasteiger partial charge < -0.3 is 9.52 Å². The van der Waals surface area contributed by atoms with E-state index in [0.29, 0.717) is 31.6 Å². The molecular weight excluding hydrogens is 655 g/mol.